The number of aryl methyl sites for hydroxylation is 1. The second-order valence-corrected chi connectivity index (χ2v) is 3.73. The smallest absolute Gasteiger partial charge is 0.123 e. The second kappa shape index (κ2) is 3.27. The van der Waals surface area contributed by atoms with E-state index in [2.05, 4.69) is 4.98 Å². The number of rotatable bonds is 0. The van der Waals surface area contributed by atoms with Gasteiger partial charge in [0.15, 0.2) is 0 Å². The molecule has 1 nitrogen and oxygen atoms in total. The molecular weight excluding hydrogens is 201 g/mol. The number of hydrogen-bond donors (Lipinski definition) is 0. The molecule has 2 heteroatoms. The van der Waals surface area contributed by atoms with Crippen molar-refractivity contribution >= 4 is 21.7 Å². The van der Waals surface area contributed by atoms with Crippen LogP contribution in [-0.4, -0.2) is 4.98 Å². The van der Waals surface area contributed by atoms with Gasteiger partial charge in [0.25, 0.3) is 0 Å². The lowest BCUT2D eigenvalue weighted by molar-refractivity contribution is 0.630. The Hall–Kier alpha value is -1.96. The molecule has 0 spiro atoms. The molecule has 0 N–H and O–H groups in total. The Morgan fingerprint density at radius 1 is 1.12 bits per heavy atom. The van der Waals surface area contributed by atoms with E-state index in [4.69, 9.17) is 4.11 Å². The lowest BCUT2D eigenvalue weighted by Gasteiger charge is -2.03. The fourth-order valence-corrected chi connectivity index (χ4v) is 1.90. The summed E-state index contributed by atoms with van der Waals surface area (Å²) >= 11 is 0. The molecule has 3 aromatic rings. The standard InChI is InChI=1S/C14H10FN/c1-9-6-11-3-2-10-7-12(15)4-5-13(10)14(11)16-8-9/h2-8H,1H3/i1D3. The van der Waals surface area contributed by atoms with Crippen LogP contribution in [-0.2, 0) is 0 Å². The van der Waals surface area contributed by atoms with Crippen LogP contribution in [0.15, 0.2) is 42.6 Å². The molecule has 2 aromatic carbocycles. The molecule has 16 heavy (non-hydrogen) atoms. The molecule has 0 saturated carbocycles. The summed E-state index contributed by atoms with van der Waals surface area (Å²) in [5, 5.41) is 2.31. The van der Waals surface area contributed by atoms with Gasteiger partial charge in [-0.1, -0.05) is 12.1 Å². The summed E-state index contributed by atoms with van der Waals surface area (Å²) in [6.45, 7) is -2.17. The van der Waals surface area contributed by atoms with Gasteiger partial charge in [-0.2, -0.15) is 0 Å². The minimum Gasteiger partial charge on any atom is -0.255 e. The van der Waals surface area contributed by atoms with Gasteiger partial charge in [-0.05, 0) is 42.1 Å². The molecule has 1 aromatic heterocycles. The van der Waals surface area contributed by atoms with Gasteiger partial charge in [0, 0.05) is 21.1 Å². The van der Waals surface area contributed by atoms with Crippen molar-refractivity contribution in [2.75, 3.05) is 0 Å². The van der Waals surface area contributed by atoms with E-state index in [1.165, 1.54) is 18.3 Å². The highest BCUT2D eigenvalue weighted by molar-refractivity contribution is 6.05. The van der Waals surface area contributed by atoms with Crippen LogP contribution >= 0.6 is 0 Å². The van der Waals surface area contributed by atoms with E-state index < -0.39 is 6.85 Å². The largest absolute Gasteiger partial charge is 0.255 e. The van der Waals surface area contributed by atoms with E-state index in [-0.39, 0.29) is 11.4 Å². The molecule has 1 heterocycles. The fourth-order valence-electron chi connectivity index (χ4n) is 1.90. The first kappa shape index (κ1) is 6.59. The number of aromatic nitrogens is 1. The van der Waals surface area contributed by atoms with Gasteiger partial charge < -0.3 is 0 Å². The maximum absolute atomic E-state index is 13.2. The van der Waals surface area contributed by atoms with Gasteiger partial charge in [0.05, 0.1) is 5.52 Å². The van der Waals surface area contributed by atoms with Crippen molar-refractivity contribution in [2.45, 2.75) is 6.85 Å². The van der Waals surface area contributed by atoms with Crippen LogP contribution in [0.4, 0.5) is 4.39 Å². The molecule has 0 bridgehead atoms. The van der Waals surface area contributed by atoms with E-state index in [1.807, 2.05) is 0 Å². The molecule has 0 aliphatic rings. The second-order valence-electron chi connectivity index (χ2n) is 3.73. The Morgan fingerprint density at radius 2 is 2.00 bits per heavy atom. The van der Waals surface area contributed by atoms with Crippen molar-refractivity contribution < 1.29 is 8.50 Å². The van der Waals surface area contributed by atoms with E-state index in [9.17, 15) is 4.39 Å². The first-order valence-electron chi connectivity index (χ1n) is 6.44. The van der Waals surface area contributed by atoms with E-state index >= 15 is 0 Å². The average Bonchev–Trinajstić information content (AvgIpc) is 2.36. The monoisotopic (exact) mass is 214 g/mol. The molecule has 0 amide bonds. The van der Waals surface area contributed by atoms with E-state index in [0.29, 0.717) is 5.52 Å². The van der Waals surface area contributed by atoms with Crippen LogP contribution < -0.4 is 0 Å². The maximum atomic E-state index is 13.2. The van der Waals surface area contributed by atoms with Crippen LogP contribution in [0.2, 0.25) is 0 Å². The first-order chi connectivity index (χ1) is 8.95. The number of nitrogens with zero attached hydrogens (tertiary/aromatic N) is 1. The molecule has 0 aliphatic carbocycles. The number of pyridine rings is 1. The molecule has 3 rings (SSSR count). The summed E-state index contributed by atoms with van der Waals surface area (Å²) in [7, 11) is 0. The van der Waals surface area contributed by atoms with Crippen LogP contribution in [0.5, 0.6) is 0 Å². The third kappa shape index (κ3) is 1.34. The van der Waals surface area contributed by atoms with Crippen LogP contribution in [0.1, 0.15) is 9.68 Å². The molecule has 0 aliphatic heterocycles. The van der Waals surface area contributed by atoms with Gasteiger partial charge in [-0.15, -0.1) is 0 Å². The number of fused-ring (bicyclic) bond motifs is 3. The average molecular weight is 214 g/mol. The van der Waals surface area contributed by atoms with Gasteiger partial charge in [-0.25, -0.2) is 4.39 Å². The zero-order chi connectivity index (χ0) is 13.6. The highest BCUT2D eigenvalue weighted by Crippen LogP contribution is 2.24. The quantitative estimate of drug-likeness (QED) is 0.518. The van der Waals surface area contributed by atoms with Gasteiger partial charge in [0.2, 0.25) is 0 Å². The summed E-state index contributed by atoms with van der Waals surface area (Å²) in [5.41, 5.74) is 0.895. The summed E-state index contributed by atoms with van der Waals surface area (Å²) in [6.07, 6.45) is 1.36. The third-order valence-electron chi connectivity index (χ3n) is 2.63. The van der Waals surface area contributed by atoms with Crippen LogP contribution in [0.25, 0.3) is 21.7 Å². The summed E-state index contributed by atoms with van der Waals surface area (Å²) in [5.74, 6) is -0.300. The molecular formula is C14H10FN. The molecule has 0 radical (unpaired) electrons. The molecule has 0 fully saturated rings. The maximum Gasteiger partial charge on any atom is 0.123 e. The third-order valence-corrected chi connectivity index (χ3v) is 2.63. The molecule has 0 unspecified atom stereocenters. The van der Waals surface area contributed by atoms with Gasteiger partial charge in [0.1, 0.15) is 5.82 Å². The molecule has 0 atom stereocenters. The van der Waals surface area contributed by atoms with Crippen molar-refractivity contribution in [3.05, 3.63) is 54.0 Å². The van der Waals surface area contributed by atoms with E-state index in [0.717, 1.165) is 16.2 Å². The van der Waals surface area contributed by atoms with Crippen molar-refractivity contribution in [1.82, 2.24) is 4.98 Å². The Balaban J connectivity index is 2.33. The van der Waals surface area contributed by atoms with Crippen LogP contribution in [0.3, 0.4) is 0 Å². The zero-order valence-corrected chi connectivity index (χ0v) is 8.37. The number of halogens is 1. The highest BCUT2D eigenvalue weighted by atomic mass is 19.1. The predicted octanol–water partition coefficient (Wildman–Crippen LogP) is 3.84. The highest BCUT2D eigenvalue weighted by Gasteiger charge is 2.02. The summed E-state index contributed by atoms with van der Waals surface area (Å²) < 4.78 is 35.3. The lowest BCUT2D eigenvalue weighted by Crippen LogP contribution is -1.84. The van der Waals surface area contributed by atoms with E-state index in [1.54, 1.807) is 24.3 Å². The number of benzene rings is 2. The van der Waals surface area contributed by atoms with Crippen molar-refractivity contribution in [1.29, 1.82) is 0 Å². The van der Waals surface area contributed by atoms with Crippen molar-refractivity contribution in [3.8, 4) is 0 Å². The summed E-state index contributed by atoms with van der Waals surface area (Å²) in [4.78, 5) is 4.22. The fraction of sp³-hybridized carbons (Fsp3) is 0.0714. The Bertz CT molecular complexity index is 781. The molecule has 0 saturated heterocycles. The topological polar surface area (TPSA) is 12.9 Å². The Kier molecular flexibility index (Phi) is 1.35. The minimum atomic E-state index is -2.17. The first-order valence-corrected chi connectivity index (χ1v) is 4.94. The van der Waals surface area contributed by atoms with Gasteiger partial charge in [-0.3, -0.25) is 4.98 Å². The Labute approximate surface area is 96.8 Å². The zero-order valence-electron chi connectivity index (χ0n) is 11.4. The summed E-state index contributed by atoms with van der Waals surface area (Å²) in [6, 6.07) is 9.62. The normalized spacial score (nSPS) is 14.7. The molecule has 78 valence electrons. The van der Waals surface area contributed by atoms with Gasteiger partial charge >= 0.3 is 0 Å². The van der Waals surface area contributed by atoms with Crippen LogP contribution in [0, 0.1) is 12.7 Å². The van der Waals surface area contributed by atoms with Crippen molar-refractivity contribution in [2.24, 2.45) is 0 Å². The predicted molar refractivity (Wildman–Crippen MR) is 63.9 cm³/mol. The lowest BCUT2D eigenvalue weighted by atomic mass is 10.1. The SMILES string of the molecule is [2H]C([2H])([2H])c1cnc2c(ccc3cc(F)ccc32)c1. The number of hydrogen-bond acceptors (Lipinski definition) is 1. The van der Waals surface area contributed by atoms with Crippen molar-refractivity contribution in [3.63, 3.8) is 0 Å². The Morgan fingerprint density at radius 3 is 2.88 bits per heavy atom. The minimum absolute atomic E-state index is 0.210.